The monoisotopic (exact) mass is 382 g/mol. The first-order valence-corrected chi connectivity index (χ1v) is 9.13. The SMILES string of the molecule is O=C(Cn1c(=O)n(-c2ccc(F)cc2)c2ncccc21)NCc1cccs1. The van der Waals surface area contributed by atoms with E-state index >= 15 is 0 Å². The fraction of sp³-hybridized carbons (Fsp3) is 0.105. The molecule has 8 heteroatoms. The van der Waals surface area contributed by atoms with Crippen molar-refractivity contribution in [2.45, 2.75) is 13.1 Å². The summed E-state index contributed by atoms with van der Waals surface area (Å²) in [7, 11) is 0. The number of hydrogen-bond donors (Lipinski definition) is 1. The first-order valence-electron chi connectivity index (χ1n) is 8.25. The highest BCUT2D eigenvalue weighted by atomic mass is 32.1. The van der Waals surface area contributed by atoms with Crippen LogP contribution in [0.3, 0.4) is 0 Å². The molecule has 0 radical (unpaired) electrons. The molecule has 0 aliphatic heterocycles. The number of pyridine rings is 1. The van der Waals surface area contributed by atoms with Crippen molar-refractivity contribution in [1.82, 2.24) is 19.4 Å². The molecule has 0 bridgehead atoms. The molecule has 136 valence electrons. The normalized spacial score (nSPS) is 11.0. The van der Waals surface area contributed by atoms with E-state index in [0.717, 1.165) is 4.88 Å². The van der Waals surface area contributed by atoms with E-state index in [1.54, 1.807) is 29.7 Å². The molecule has 0 aliphatic carbocycles. The van der Waals surface area contributed by atoms with E-state index < -0.39 is 11.5 Å². The molecule has 1 aromatic carbocycles. The van der Waals surface area contributed by atoms with Gasteiger partial charge in [0.1, 0.15) is 12.4 Å². The van der Waals surface area contributed by atoms with Gasteiger partial charge in [0.05, 0.1) is 17.7 Å². The van der Waals surface area contributed by atoms with Crippen LogP contribution in [0.1, 0.15) is 4.88 Å². The van der Waals surface area contributed by atoms with E-state index in [2.05, 4.69) is 10.3 Å². The highest BCUT2D eigenvalue weighted by Crippen LogP contribution is 2.16. The Morgan fingerprint density at radius 3 is 2.70 bits per heavy atom. The first-order chi connectivity index (χ1) is 13.1. The minimum absolute atomic E-state index is 0.124. The Balaban J connectivity index is 1.68. The van der Waals surface area contributed by atoms with Gasteiger partial charge in [-0.3, -0.25) is 9.36 Å². The number of hydrogen-bond acceptors (Lipinski definition) is 4. The van der Waals surface area contributed by atoms with Crippen molar-refractivity contribution >= 4 is 28.4 Å². The number of nitrogens with zero attached hydrogens (tertiary/aromatic N) is 3. The zero-order valence-corrected chi connectivity index (χ0v) is 14.9. The average molecular weight is 382 g/mol. The van der Waals surface area contributed by atoms with Crippen LogP contribution in [-0.2, 0) is 17.9 Å². The van der Waals surface area contributed by atoms with Crippen LogP contribution >= 0.6 is 11.3 Å². The van der Waals surface area contributed by atoms with Crippen molar-refractivity contribution in [2.24, 2.45) is 0 Å². The maximum Gasteiger partial charge on any atom is 0.335 e. The number of fused-ring (bicyclic) bond motifs is 1. The number of carbonyl (C=O) groups is 1. The summed E-state index contributed by atoms with van der Waals surface area (Å²) in [5, 5.41) is 4.75. The van der Waals surface area contributed by atoms with Crippen molar-refractivity contribution in [1.29, 1.82) is 0 Å². The molecule has 4 rings (SSSR count). The number of benzene rings is 1. The molecule has 27 heavy (non-hydrogen) atoms. The summed E-state index contributed by atoms with van der Waals surface area (Å²) in [5.74, 6) is -0.663. The van der Waals surface area contributed by atoms with Gasteiger partial charge in [0.15, 0.2) is 5.65 Å². The Labute approximate surface area is 157 Å². The van der Waals surface area contributed by atoms with E-state index in [-0.39, 0.29) is 12.5 Å². The van der Waals surface area contributed by atoms with Gasteiger partial charge in [0.2, 0.25) is 5.91 Å². The second-order valence-electron chi connectivity index (χ2n) is 5.88. The van der Waals surface area contributed by atoms with E-state index in [4.69, 9.17) is 0 Å². The lowest BCUT2D eigenvalue weighted by atomic mass is 10.3. The maximum atomic E-state index is 13.2. The maximum absolute atomic E-state index is 13.2. The highest BCUT2D eigenvalue weighted by molar-refractivity contribution is 7.09. The second kappa shape index (κ2) is 7.16. The lowest BCUT2D eigenvalue weighted by molar-refractivity contribution is -0.121. The Kier molecular flexibility index (Phi) is 4.55. The molecule has 0 saturated heterocycles. The Bertz CT molecular complexity index is 1150. The lowest BCUT2D eigenvalue weighted by Gasteiger charge is -2.05. The van der Waals surface area contributed by atoms with E-state index in [1.165, 1.54) is 33.4 Å². The summed E-state index contributed by atoms with van der Waals surface area (Å²) < 4.78 is 16.0. The Morgan fingerprint density at radius 2 is 1.96 bits per heavy atom. The molecule has 1 N–H and O–H groups in total. The summed E-state index contributed by atoms with van der Waals surface area (Å²) >= 11 is 1.55. The number of amides is 1. The average Bonchev–Trinajstić information content (AvgIpc) is 3.28. The number of imidazole rings is 1. The van der Waals surface area contributed by atoms with Crippen molar-refractivity contribution in [2.75, 3.05) is 0 Å². The minimum atomic E-state index is -0.401. The quantitative estimate of drug-likeness (QED) is 0.577. The minimum Gasteiger partial charge on any atom is -0.350 e. The molecule has 0 fully saturated rings. The van der Waals surface area contributed by atoms with Gasteiger partial charge in [0.25, 0.3) is 0 Å². The van der Waals surface area contributed by atoms with Gasteiger partial charge >= 0.3 is 5.69 Å². The zero-order valence-electron chi connectivity index (χ0n) is 14.1. The largest absolute Gasteiger partial charge is 0.350 e. The smallest absolute Gasteiger partial charge is 0.335 e. The van der Waals surface area contributed by atoms with Gasteiger partial charge < -0.3 is 5.32 Å². The lowest BCUT2D eigenvalue weighted by Crippen LogP contribution is -2.32. The van der Waals surface area contributed by atoms with E-state index in [0.29, 0.717) is 23.4 Å². The summed E-state index contributed by atoms with van der Waals surface area (Å²) in [6.07, 6.45) is 1.57. The van der Waals surface area contributed by atoms with Crippen LogP contribution in [0.5, 0.6) is 0 Å². The van der Waals surface area contributed by atoms with Crippen molar-refractivity contribution in [3.05, 3.63) is 81.3 Å². The van der Waals surface area contributed by atoms with Crippen LogP contribution in [-0.4, -0.2) is 20.0 Å². The Hall–Kier alpha value is -3.26. The fourth-order valence-electron chi connectivity index (χ4n) is 2.86. The number of aromatic nitrogens is 3. The van der Waals surface area contributed by atoms with Crippen molar-refractivity contribution in [3.8, 4) is 5.69 Å². The predicted molar refractivity (Wildman–Crippen MR) is 101 cm³/mol. The summed E-state index contributed by atoms with van der Waals surface area (Å²) in [6, 6.07) is 12.9. The van der Waals surface area contributed by atoms with Gasteiger partial charge in [-0.2, -0.15) is 0 Å². The number of carbonyl (C=O) groups excluding carboxylic acids is 1. The molecule has 4 aromatic rings. The molecule has 3 heterocycles. The van der Waals surface area contributed by atoms with Crippen LogP contribution in [0, 0.1) is 5.82 Å². The first kappa shape index (κ1) is 17.2. The summed E-state index contributed by atoms with van der Waals surface area (Å²) in [4.78, 5) is 30.6. The summed E-state index contributed by atoms with van der Waals surface area (Å²) in [6.45, 7) is 0.292. The molecule has 0 atom stereocenters. The number of halogens is 1. The predicted octanol–water partition coefficient (Wildman–Crippen LogP) is 2.70. The fourth-order valence-corrected chi connectivity index (χ4v) is 3.50. The summed E-state index contributed by atoms with van der Waals surface area (Å²) in [5.41, 5.74) is 1.04. The number of thiophene rings is 1. The van der Waals surface area contributed by atoms with Crippen LogP contribution in [0.4, 0.5) is 4.39 Å². The molecule has 0 spiro atoms. The third kappa shape index (κ3) is 3.39. The molecule has 0 unspecified atom stereocenters. The molecule has 3 aromatic heterocycles. The zero-order chi connectivity index (χ0) is 18.8. The van der Waals surface area contributed by atoms with Gasteiger partial charge in [-0.25, -0.2) is 18.7 Å². The van der Waals surface area contributed by atoms with Gasteiger partial charge in [-0.1, -0.05) is 6.07 Å². The second-order valence-corrected chi connectivity index (χ2v) is 6.92. The third-order valence-corrected chi connectivity index (χ3v) is 4.99. The van der Waals surface area contributed by atoms with Gasteiger partial charge in [-0.15, -0.1) is 11.3 Å². The molecule has 0 aliphatic rings. The van der Waals surface area contributed by atoms with Crippen LogP contribution in [0.2, 0.25) is 0 Å². The van der Waals surface area contributed by atoms with Crippen molar-refractivity contribution in [3.63, 3.8) is 0 Å². The third-order valence-electron chi connectivity index (χ3n) is 4.12. The van der Waals surface area contributed by atoms with E-state index in [1.807, 2.05) is 17.5 Å². The van der Waals surface area contributed by atoms with Gasteiger partial charge in [-0.05, 0) is 47.8 Å². The number of rotatable bonds is 5. The van der Waals surface area contributed by atoms with Crippen LogP contribution in [0.25, 0.3) is 16.9 Å². The van der Waals surface area contributed by atoms with E-state index in [9.17, 15) is 14.0 Å². The van der Waals surface area contributed by atoms with Crippen molar-refractivity contribution < 1.29 is 9.18 Å². The molecule has 6 nitrogen and oxygen atoms in total. The topological polar surface area (TPSA) is 68.9 Å². The molecule has 0 saturated carbocycles. The molecular formula is C19H15FN4O2S. The van der Waals surface area contributed by atoms with Crippen LogP contribution < -0.4 is 11.0 Å². The van der Waals surface area contributed by atoms with Crippen LogP contribution in [0.15, 0.2) is 64.9 Å². The highest BCUT2D eigenvalue weighted by Gasteiger charge is 2.17. The standard InChI is InChI=1S/C19H15FN4O2S/c20-13-5-7-14(8-6-13)24-18-16(4-1-9-21-18)23(19(24)26)12-17(25)22-11-15-3-2-10-27-15/h1-10H,11-12H2,(H,22,25). The number of nitrogens with one attached hydrogen (secondary N) is 1. The molecular weight excluding hydrogens is 367 g/mol. The molecule has 1 amide bonds. The Morgan fingerprint density at radius 1 is 1.15 bits per heavy atom. The van der Waals surface area contributed by atoms with Gasteiger partial charge in [0, 0.05) is 11.1 Å².